The first kappa shape index (κ1) is 11.3. The van der Waals surface area contributed by atoms with Crippen LogP contribution in [0.5, 0.6) is 0 Å². The average Bonchev–Trinajstić information content (AvgIpc) is 2.84. The lowest BCUT2D eigenvalue weighted by molar-refractivity contribution is 0.532. The van der Waals surface area contributed by atoms with Gasteiger partial charge in [0.05, 0.1) is 17.2 Å². The van der Waals surface area contributed by atoms with Crippen molar-refractivity contribution in [2.75, 3.05) is 0 Å². The van der Waals surface area contributed by atoms with Gasteiger partial charge in [0.1, 0.15) is 5.82 Å². The summed E-state index contributed by atoms with van der Waals surface area (Å²) in [6.07, 6.45) is 3.79. The van der Waals surface area contributed by atoms with Gasteiger partial charge in [0.2, 0.25) is 0 Å². The number of hydrogen-bond donors (Lipinski definition) is 1. The van der Waals surface area contributed by atoms with E-state index in [0.29, 0.717) is 0 Å². The highest BCUT2D eigenvalue weighted by molar-refractivity contribution is 7.09. The SMILES string of the molecule is Cc1ncsc1CNC(C)c1nccn1C. The molecule has 86 valence electrons. The Morgan fingerprint density at radius 1 is 1.50 bits per heavy atom. The summed E-state index contributed by atoms with van der Waals surface area (Å²) in [5.74, 6) is 1.06. The van der Waals surface area contributed by atoms with E-state index in [0.717, 1.165) is 18.1 Å². The molecule has 1 atom stereocenters. The normalized spacial score (nSPS) is 12.9. The predicted molar refractivity (Wildman–Crippen MR) is 65.3 cm³/mol. The maximum Gasteiger partial charge on any atom is 0.125 e. The average molecular weight is 236 g/mol. The van der Waals surface area contributed by atoms with E-state index in [9.17, 15) is 0 Å². The molecule has 2 heterocycles. The van der Waals surface area contributed by atoms with Crippen LogP contribution in [0.2, 0.25) is 0 Å². The van der Waals surface area contributed by atoms with E-state index in [-0.39, 0.29) is 6.04 Å². The molecule has 0 aliphatic rings. The summed E-state index contributed by atoms with van der Waals surface area (Å²) in [7, 11) is 2.01. The fraction of sp³-hybridized carbons (Fsp3) is 0.455. The third kappa shape index (κ3) is 2.31. The summed E-state index contributed by atoms with van der Waals surface area (Å²) in [4.78, 5) is 9.85. The summed E-state index contributed by atoms with van der Waals surface area (Å²) in [6, 6.07) is 0.251. The third-order valence-electron chi connectivity index (χ3n) is 2.66. The molecule has 5 heteroatoms. The summed E-state index contributed by atoms with van der Waals surface area (Å²) < 4.78 is 2.04. The van der Waals surface area contributed by atoms with Gasteiger partial charge in [0.25, 0.3) is 0 Å². The maximum absolute atomic E-state index is 4.33. The zero-order chi connectivity index (χ0) is 11.5. The van der Waals surface area contributed by atoms with E-state index in [1.165, 1.54) is 4.88 Å². The topological polar surface area (TPSA) is 42.7 Å². The quantitative estimate of drug-likeness (QED) is 0.883. The second kappa shape index (κ2) is 4.76. The van der Waals surface area contributed by atoms with Crippen molar-refractivity contribution in [1.29, 1.82) is 0 Å². The van der Waals surface area contributed by atoms with Gasteiger partial charge in [-0.25, -0.2) is 9.97 Å². The molecule has 0 radical (unpaired) electrons. The lowest BCUT2D eigenvalue weighted by Gasteiger charge is -2.13. The largest absolute Gasteiger partial charge is 0.337 e. The van der Waals surface area contributed by atoms with Crippen molar-refractivity contribution in [3.63, 3.8) is 0 Å². The molecule has 4 nitrogen and oxygen atoms in total. The highest BCUT2D eigenvalue weighted by Gasteiger charge is 2.10. The van der Waals surface area contributed by atoms with E-state index in [4.69, 9.17) is 0 Å². The van der Waals surface area contributed by atoms with E-state index < -0.39 is 0 Å². The lowest BCUT2D eigenvalue weighted by Crippen LogP contribution is -2.20. The van der Waals surface area contributed by atoms with Gasteiger partial charge in [-0.05, 0) is 13.8 Å². The van der Waals surface area contributed by atoms with Crippen LogP contribution in [-0.2, 0) is 13.6 Å². The highest BCUT2D eigenvalue weighted by atomic mass is 32.1. The number of hydrogen-bond acceptors (Lipinski definition) is 4. The highest BCUT2D eigenvalue weighted by Crippen LogP contribution is 2.14. The molecule has 0 amide bonds. The van der Waals surface area contributed by atoms with Crippen LogP contribution < -0.4 is 5.32 Å². The number of nitrogens with zero attached hydrogens (tertiary/aromatic N) is 3. The van der Waals surface area contributed by atoms with Gasteiger partial charge in [0.15, 0.2) is 0 Å². The number of rotatable bonds is 4. The van der Waals surface area contributed by atoms with Crippen LogP contribution >= 0.6 is 11.3 Å². The monoisotopic (exact) mass is 236 g/mol. The summed E-state index contributed by atoms with van der Waals surface area (Å²) in [5, 5.41) is 3.46. The minimum Gasteiger partial charge on any atom is -0.337 e. The molecule has 0 saturated carbocycles. The van der Waals surface area contributed by atoms with Crippen LogP contribution in [0.25, 0.3) is 0 Å². The van der Waals surface area contributed by atoms with E-state index >= 15 is 0 Å². The van der Waals surface area contributed by atoms with Crippen LogP contribution in [-0.4, -0.2) is 14.5 Å². The smallest absolute Gasteiger partial charge is 0.125 e. The molecular formula is C11H16N4S. The van der Waals surface area contributed by atoms with Crippen molar-refractivity contribution in [2.24, 2.45) is 7.05 Å². The number of aryl methyl sites for hydroxylation is 2. The fourth-order valence-electron chi connectivity index (χ4n) is 1.63. The molecule has 0 spiro atoms. The van der Waals surface area contributed by atoms with E-state index in [1.54, 1.807) is 11.3 Å². The first-order valence-corrected chi connectivity index (χ1v) is 6.16. The Bertz CT molecular complexity index is 460. The Morgan fingerprint density at radius 3 is 2.88 bits per heavy atom. The molecule has 16 heavy (non-hydrogen) atoms. The minimum absolute atomic E-state index is 0.251. The van der Waals surface area contributed by atoms with Crippen molar-refractivity contribution < 1.29 is 0 Å². The van der Waals surface area contributed by atoms with Crippen molar-refractivity contribution in [3.8, 4) is 0 Å². The molecule has 1 unspecified atom stereocenters. The van der Waals surface area contributed by atoms with Gasteiger partial charge in [0, 0.05) is 30.9 Å². The van der Waals surface area contributed by atoms with Crippen LogP contribution in [0, 0.1) is 6.92 Å². The Hall–Kier alpha value is -1.20. The molecule has 2 aromatic heterocycles. The van der Waals surface area contributed by atoms with E-state index in [2.05, 4.69) is 22.2 Å². The number of imidazole rings is 1. The molecular weight excluding hydrogens is 220 g/mol. The molecule has 0 bridgehead atoms. The van der Waals surface area contributed by atoms with Gasteiger partial charge < -0.3 is 9.88 Å². The molecule has 2 aromatic rings. The first-order chi connectivity index (χ1) is 7.68. The summed E-state index contributed by atoms with van der Waals surface area (Å²) in [5.41, 5.74) is 3.00. The van der Waals surface area contributed by atoms with E-state index in [1.807, 2.05) is 36.4 Å². The number of nitrogens with one attached hydrogen (secondary N) is 1. The zero-order valence-corrected chi connectivity index (χ0v) is 10.6. The summed E-state index contributed by atoms with van der Waals surface area (Å²) >= 11 is 1.69. The first-order valence-electron chi connectivity index (χ1n) is 5.28. The predicted octanol–water partition coefficient (Wildman–Crippen LogP) is 2.04. The van der Waals surface area contributed by atoms with Crippen molar-refractivity contribution in [3.05, 3.63) is 34.3 Å². The van der Waals surface area contributed by atoms with Crippen molar-refractivity contribution in [2.45, 2.75) is 26.4 Å². The van der Waals surface area contributed by atoms with Crippen LogP contribution in [0.15, 0.2) is 17.9 Å². The molecule has 0 saturated heterocycles. The van der Waals surface area contributed by atoms with Crippen molar-refractivity contribution >= 4 is 11.3 Å². The maximum atomic E-state index is 4.33. The molecule has 1 N–H and O–H groups in total. The molecule has 0 aromatic carbocycles. The second-order valence-corrected chi connectivity index (χ2v) is 4.80. The van der Waals surface area contributed by atoms with Gasteiger partial charge in [-0.3, -0.25) is 0 Å². The molecule has 0 aliphatic carbocycles. The minimum atomic E-state index is 0.251. The van der Waals surface area contributed by atoms with Gasteiger partial charge in [-0.15, -0.1) is 11.3 Å². The van der Waals surface area contributed by atoms with Gasteiger partial charge >= 0.3 is 0 Å². The van der Waals surface area contributed by atoms with Crippen molar-refractivity contribution in [1.82, 2.24) is 19.9 Å². The van der Waals surface area contributed by atoms with Crippen LogP contribution in [0.4, 0.5) is 0 Å². The van der Waals surface area contributed by atoms with Gasteiger partial charge in [-0.1, -0.05) is 0 Å². The number of aromatic nitrogens is 3. The Kier molecular flexibility index (Phi) is 3.36. The fourth-order valence-corrected chi connectivity index (χ4v) is 2.36. The Morgan fingerprint density at radius 2 is 2.31 bits per heavy atom. The summed E-state index contributed by atoms with van der Waals surface area (Å²) in [6.45, 7) is 5.02. The lowest BCUT2D eigenvalue weighted by atomic mass is 10.3. The van der Waals surface area contributed by atoms with Crippen LogP contribution in [0.3, 0.4) is 0 Å². The third-order valence-corrected chi connectivity index (χ3v) is 3.59. The second-order valence-electron chi connectivity index (χ2n) is 3.86. The molecule has 0 aliphatic heterocycles. The standard InChI is InChI=1S/C11H16N4S/c1-8-10(16-7-14-8)6-13-9(2)11-12-4-5-15(11)3/h4-5,7,9,13H,6H2,1-3H3. The zero-order valence-electron chi connectivity index (χ0n) is 9.77. The number of thiazole rings is 1. The molecule has 2 rings (SSSR count). The Balaban J connectivity index is 1.97. The Labute approximate surface area is 99.4 Å². The molecule has 0 fully saturated rings. The van der Waals surface area contributed by atoms with Gasteiger partial charge in [-0.2, -0.15) is 0 Å². The van der Waals surface area contributed by atoms with Crippen LogP contribution in [0.1, 0.15) is 29.4 Å².